The van der Waals surface area contributed by atoms with Crippen molar-refractivity contribution in [2.75, 3.05) is 44.4 Å². The second-order valence-corrected chi connectivity index (χ2v) is 10.2. The zero-order valence-corrected chi connectivity index (χ0v) is 22.0. The molecular formula is C26H26ClN5O3S. The molecule has 1 N–H and O–H groups in total. The predicted octanol–water partition coefficient (Wildman–Crippen LogP) is 6.08. The standard InChI is InChI=1S/C26H26ClN5O3S/c1-16-9-10-17(26-29-20-7-5-6-8-24(20)36-26)13-21(16)28-25(33)18-14-23(32(34)35)22(15-19(18)27)31(4)12-11-30(2)3/h5-10,13-15H,11-12H2,1-4H3,(H,28,33). The quantitative estimate of drug-likeness (QED) is 0.222. The lowest BCUT2D eigenvalue weighted by Gasteiger charge is -2.22. The van der Waals surface area contributed by atoms with Gasteiger partial charge in [-0.25, -0.2) is 4.98 Å². The summed E-state index contributed by atoms with van der Waals surface area (Å²) in [6.07, 6.45) is 0. The van der Waals surface area contributed by atoms with Crippen LogP contribution in [0.25, 0.3) is 20.8 Å². The number of fused-ring (bicyclic) bond motifs is 1. The van der Waals surface area contributed by atoms with E-state index in [9.17, 15) is 14.9 Å². The molecule has 186 valence electrons. The fourth-order valence-corrected chi connectivity index (χ4v) is 4.93. The maximum Gasteiger partial charge on any atom is 0.293 e. The summed E-state index contributed by atoms with van der Waals surface area (Å²) in [7, 11) is 5.62. The van der Waals surface area contributed by atoms with Gasteiger partial charge in [0.2, 0.25) is 0 Å². The molecular weight excluding hydrogens is 498 g/mol. The Balaban J connectivity index is 1.63. The number of hydrogen-bond acceptors (Lipinski definition) is 7. The van der Waals surface area contributed by atoms with E-state index in [2.05, 4.69) is 5.32 Å². The Morgan fingerprint density at radius 1 is 1.11 bits per heavy atom. The second-order valence-electron chi connectivity index (χ2n) is 8.77. The van der Waals surface area contributed by atoms with Gasteiger partial charge in [-0.1, -0.05) is 35.9 Å². The average Bonchev–Trinajstić information content (AvgIpc) is 3.27. The molecule has 8 nitrogen and oxygen atoms in total. The molecule has 1 aromatic heterocycles. The highest BCUT2D eigenvalue weighted by Crippen LogP contribution is 2.35. The number of aromatic nitrogens is 1. The second kappa shape index (κ2) is 10.6. The van der Waals surface area contributed by atoms with Gasteiger partial charge in [0, 0.05) is 37.5 Å². The first kappa shape index (κ1) is 25.6. The third-order valence-corrected chi connectivity index (χ3v) is 7.22. The summed E-state index contributed by atoms with van der Waals surface area (Å²) < 4.78 is 1.08. The van der Waals surface area contributed by atoms with E-state index in [1.807, 2.05) is 68.4 Å². The number of nitro benzene ring substituents is 1. The number of likely N-dealkylation sites (N-methyl/N-ethyl adjacent to an activating group) is 2. The lowest BCUT2D eigenvalue weighted by molar-refractivity contribution is -0.384. The van der Waals surface area contributed by atoms with Gasteiger partial charge in [-0.05, 0) is 50.8 Å². The van der Waals surface area contributed by atoms with Crippen molar-refractivity contribution in [3.05, 3.63) is 80.9 Å². The number of halogens is 1. The highest BCUT2D eigenvalue weighted by atomic mass is 35.5. The van der Waals surface area contributed by atoms with Crippen LogP contribution in [0.1, 0.15) is 15.9 Å². The Morgan fingerprint density at radius 2 is 1.86 bits per heavy atom. The molecule has 0 radical (unpaired) electrons. The largest absolute Gasteiger partial charge is 0.368 e. The van der Waals surface area contributed by atoms with Gasteiger partial charge in [0.1, 0.15) is 10.7 Å². The van der Waals surface area contributed by atoms with Crippen LogP contribution in [-0.2, 0) is 0 Å². The molecule has 0 bridgehead atoms. The number of carbonyl (C=O) groups excluding carboxylic acids is 1. The monoisotopic (exact) mass is 523 g/mol. The summed E-state index contributed by atoms with van der Waals surface area (Å²) in [6, 6.07) is 16.3. The number of nitrogens with one attached hydrogen (secondary N) is 1. The molecule has 4 rings (SSSR count). The van der Waals surface area contributed by atoms with Crippen molar-refractivity contribution in [2.45, 2.75) is 6.92 Å². The molecule has 3 aromatic carbocycles. The smallest absolute Gasteiger partial charge is 0.293 e. The number of nitro groups is 1. The maximum absolute atomic E-state index is 13.2. The van der Waals surface area contributed by atoms with Crippen molar-refractivity contribution < 1.29 is 9.72 Å². The fourth-order valence-electron chi connectivity index (χ4n) is 3.72. The Hall–Kier alpha value is -3.53. The Bertz CT molecular complexity index is 1420. The summed E-state index contributed by atoms with van der Waals surface area (Å²) in [5.41, 5.74) is 3.44. The SMILES string of the molecule is Cc1ccc(-c2nc3ccccc3s2)cc1NC(=O)c1cc([N+](=O)[O-])c(N(C)CCN(C)C)cc1Cl. The molecule has 0 aliphatic heterocycles. The molecule has 0 saturated heterocycles. The first-order chi connectivity index (χ1) is 17.1. The van der Waals surface area contributed by atoms with Crippen LogP contribution in [0.3, 0.4) is 0 Å². The average molecular weight is 524 g/mol. The van der Waals surface area contributed by atoms with Crippen LogP contribution in [0.5, 0.6) is 0 Å². The molecule has 0 atom stereocenters. The number of thiazole rings is 1. The summed E-state index contributed by atoms with van der Waals surface area (Å²) in [4.78, 5) is 33.0. The van der Waals surface area contributed by atoms with E-state index in [1.54, 1.807) is 23.3 Å². The number of rotatable bonds is 8. The molecule has 0 saturated carbocycles. The Kier molecular flexibility index (Phi) is 7.53. The number of anilines is 2. The number of para-hydroxylation sites is 1. The minimum Gasteiger partial charge on any atom is -0.368 e. The molecule has 1 amide bonds. The van der Waals surface area contributed by atoms with Gasteiger partial charge in [-0.2, -0.15) is 0 Å². The van der Waals surface area contributed by atoms with E-state index < -0.39 is 10.8 Å². The lowest BCUT2D eigenvalue weighted by Crippen LogP contribution is -2.29. The predicted molar refractivity (Wildman–Crippen MR) is 148 cm³/mol. The van der Waals surface area contributed by atoms with E-state index >= 15 is 0 Å². The number of hydrogen-bond donors (Lipinski definition) is 1. The number of benzene rings is 3. The topological polar surface area (TPSA) is 91.6 Å². The van der Waals surface area contributed by atoms with E-state index in [0.29, 0.717) is 24.5 Å². The van der Waals surface area contributed by atoms with E-state index in [-0.39, 0.29) is 16.3 Å². The normalized spacial score (nSPS) is 11.2. The highest BCUT2D eigenvalue weighted by Gasteiger charge is 2.24. The summed E-state index contributed by atoms with van der Waals surface area (Å²) in [6.45, 7) is 3.15. The van der Waals surface area contributed by atoms with Gasteiger partial charge in [-0.15, -0.1) is 11.3 Å². The highest BCUT2D eigenvalue weighted by molar-refractivity contribution is 7.21. The molecule has 10 heteroatoms. The number of aryl methyl sites for hydroxylation is 1. The van der Waals surface area contributed by atoms with Gasteiger partial charge >= 0.3 is 0 Å². The Labute approximate surface area is 218 Å². The van der Waals surface area contributed by atoms with E-state index in [1.165, 1.54) is 12.1 Å². The van der Waals surface area contributed by atoms with Crippen molar-refractivity contribution in [3.63, 3.8) is 0 Å². The lowest BCUT2D eigenvalue weighted by atomic mass is 10.1. The number of carbonyl (C=O) groups is 1. The third-order valence-electron chi connectivity index (χ3n) is 5.83. The van der Waals surface area contributed by atoms with Crippen LogP contribution in [-0.4, -0.2) is 54.9 Å². The fraction of sp³-hybridized carbons (Fsp3) is 0.231. The van der Waals surface area contributed by atoms with Crippen LogP contribution in [0.15, 0.2) is 54.6 Å². The van der Waals surface area contributed by atoms with E-state index in [4.69, 9.17) is 16.6 Å². The molecule has 1 heterocycles. The van der Waals surface area contributed by atoms with Crippen molar-refractivity contribution in [1.82, 2.24) is 9.88 Å². The van der Waals surface area contributed by atoms with Gasteiger partial charge in [0.15, 0.2) is 0 Å². The minimum absolute atomic E-state index is 0.0397. The van der Waals surface area contributed by atoms with Crippen LogP contribution in [0.4, 0.5) is 17.1 Å². The number of amides is 1. The van der Waals surface area contributed by atoms with Crippen molar-refractivity contribution >= 4 is 56.1 Å². The van der Waals surface area contributed by atoms with Gasteiger partial charge in [-0.3, -0.25) is 14.9 Å². The van der Waals surface area contributed by atoms with Gasteiger partial charge in [0.25, 0.3) is 11.6 Å². The summed E-state index contributed by atoms with van der Waals surface area (Å²) in [5, 5.41) is 15.7. The number of nitrogens with zero attached hydrogens (tertiary/aromatic N) is 4. The van der Waals surface area contributed by atoms with Crippen molar-refractivity contribution in [2.24, 2.45) is 0 Å². The molecule has 0 spiro atoms. The maximum atomic E-state index is 13.2. The van der Waals surface area contributed by atoms with Gasteiger partial charge in [0.05, 0.1) is 25.7 Å². The van der Waals surface area contributed by atoms with E-state index in [0.717, 1.165) is 26.4 Å². The zero-order chi connectivity index (χ0) is 26.0. The molecule has 0 fully saturated rings. The summed E-state index contributed by atoms with van der Waals surface area (Å²) in [5.74, 6) is -0.518. The van der Waals surface area contributed by atoms with Crippen LogP contribution < -0.4 is 10.2 Å². The van der Waals surface area contributed by atoms with Crippen LogP contribution >= 0.6 is 22.9 Å². The van der Waals surface area contributed by atoms with Crippen LogP contribution in [0.2, 0.25) is 5.02 Å². The molecule has 0 aliphatic rings. The van der Waals surface area contributed by atoms with Gasteiger partial charge < -0.3 is 15.1 Å². The Morgan fingerprint density at radius 3 is 2.56 bits per heavy atom. The third kappa shape index (κ3) is 5.48. The van der Waals surface area contributed by atoms with Crippen LogP contribution in [0, 0.1) is 17.0 Å². The molecule has 36 heavy (non-hydrogen) atoms. The molecule has 4 aromatic rings. The molecule has 0 unspecified atom stereocenters. The summed E-state index contributed by atoms with van der Waals surface area (Å²) >= 11 is 8.03. The minimum atomic E-state index is -0.518. The van der Waals surface area contributed by atoms with Crippen molar-refractivity contribution in [3.8, 4) is 10.6 Å². The molecule has 0 aliphatic carbocycles. The zero-order valence-electron chi connectivity index (χ0n) is 20.4. The first-order valence-corrected chi connectivity index (χ1v) is 12.4. The van der Waals surface area contributed by atoms with Crippen molar-refractivity contribution in [1.29, 1.82) is 0 Å². The first-order valence-electron chi connectivity index (χ1n) is 11.3.